The Labute approximate surface area is 114 Å². The first kappa shape index (κ1) is 12.5. The van der Waals surface area contributed by atoms with Crippen molar-refractivity contribution in [1.29, 1.82) is 0 Å². The topological polar surface area (TPSA) is 51.0 Å². The fraction of sp³-hybridized carbons (Fsp3) is 0.333. The van der Waals surface area contributed by atoms with Crippen LogP contribution < -0.4 is 5.32 Å². The monoisotopic (exact) mass is 343 g/mol. The van der Waals surface area contributed by atoms with Gasteiger partial charge in [0.2, 0.25) is 5.89 Å². The number of hydrogen-bond acceptors (Lipinski definition) is 4. The van der Waals surface area contributed by atoms with Gasteiger partial charge in [0, 0.05) is 30.0 Å². The Balaban J connectivity index is 1.71. The third kappa shape index (κ3) is 4.08. The molecule has 90 valence electrons. The van der Waals surface area contributed by atoms with Crippen molar-refractivity contribution in [3.63, 3.8) is 0 Å². The van der Waals surface area contributed by atoms with Crippen LogP contribution in [0.3, 0.4) is 0 Å². The molecular formula is C12H14IN3O. The highest BCUT2D eigenvalue weighted by Crippen LogP contribution is 2.06. The van der Waals surface area contributed by atoms with Crippen molar-refractivity contribution in [2.24, 2.45) is 0 Å². The molecule has 0 saturated carbocycles. The Morgan fingerprint density at radius 1 is 1.29 bits per heavy atom. The second-order valence-corrected chi connectivity index (χ2v) is 5.03. The van der Waals surface area contributed by atoms with Crippen LogP contribution in [0.15, 0.2) is 28.8 Å². The van der Waals surface area contributed by atoms with Crippen LogP contribution in [0.25, 0.3) is 0 Å². The average molecular weight is 343 g/mol. The fourth-order valence-electron chi connectivity index (χ4n) is 1.48. The maximum atomic E-state index is 4.90. The molecule has 17 heavy (non-hydrogen) atoms. The van der Waals surface area contributed by atoms with Crippen LogP contribution in [0.1, 0.15) is 17.3 Å². The lowest BCUT2D eigenvalue weighted by atomic mass is 10.2. The summed E-state index contributed by atoms with van der Waals surface area (Å²) in [6.07, 6.45) is 0.793. The number of halogens is 1. The zero-order chi connectivity index (χ0) is 12.1. The van der Waals surface area contributed by atoms with Gasteiger partial charge in [0.15, 0.2) is 5.82 Å². The number of aromatic nitrogens is 2. The molecule has 0 amide bonds. The zero-order valence-corrected chi connectivity index (χ0v) is 11.8. The molecule has 0 spiro atoms. The van der Waals surface area contributed by atoms with Gasteiger partial charge in [0.1, 0.15) is 0 Å². The van der Waals surface area contributed by atoms with Gasteiger partial charge in [-0.2, -0.15) is 4.98 Å². The van der Waals surface area contributed by atoms with Crippen LogP contribution in [-0.4, -0.2) is 16.7 Å². The Kier molecular flexibility index (Phi) is 4.49. The molecule has 2 rings (SSSR count). The molecule has 5 heteroatoms. The maximum Gasteiger partial charge on any atom is 0.223 e. The van der Waals surface area contributed by atoms with E-state index in [-0.39, 0.29) is 0 Å². The van der Waals surface area contributed by atoms with Gasteiger partial charge in [-0.3, -0.25) is 0 Å². The van der Waals surface area contributed by atoms with E-state index in [1.807, 2.05) is 0 Å². The van der Waals surface area contributed by atoms with Crippen LogP contribution in [0.2, 0.25) is 0 Å². The average Bonchev–Trinajstić information content (AvgIpc) is 2.73. The molecular weight excluding hydrogens is 329 g/mol. The molecule has 0 bridgehead atoms. The molecule has 1 N–H and O–H groups in total. The molecule has 1 aromatic carbocycles. The van der Waals surface area contributed by atoms with E-state index in [0.29, 0.717) is 5.89 Å². The minimum atomic E-state index is 0.623. The number of nitrogens with zero attached hydrogens (tertiary/aromatic N) is 2. The molecule has 0 aliphatic carbocycles. The highest BCUT2D eigenvalue weighted by molar-refractivity contribution is 14.1. The minimum Gasteiger partial charge on any atom is -0.340 e. The van der Waals surface area contributed by atoms with E-state index < -0.39 is 0 Å². The van der Waals surface area contributed by atoms with Gasteiger partial charge in [-0.25, -0.2) is 0 Å². The smallest absolute Gasteiger partial charge is 0.223 e. The number of aryl methyl sites for hydroxylation is 1. The van der Waals surface area contributed by atoms with E-state index in [1.54, 1.807) is 6.92 Å². The van der Waals surface area contributed by atoms with Crippen molar-refractivity contribution in [2.75, 3.05) is 6.54 Å². The van der Waals surface area contributed by atoms with Crippen molar-refractivity contribution in [1.82, 2.24) is 15.5 Å². The zero-order valence-electron chi connectivity index (χ0n) is 9.61. The van der Waals surface area contributed by atoms with Crippen LogP contribution in [0, 0.1) is 10.5 Å². The maximum absolute atomic E-state index is 4.90. The van der Waals surface area contributed by atoms with E-state index in [4.69, 9.17) is 4.52 Å². The Hall–Kier alpha value is -0.950. The standard InChI is InChI=1S/C12H14IN3O/c1-9-15-12(16-17-9)6-7-14-8-10-2-4-11(13)5-3-10/h2-5,14H,6-8H2,1H3. The Morgan fingerprint density at radius 2 is 2.06 bits per heavy atom. The van der Waals surface area contributed by atoms with Crippen LogP contribution in [0.5, 0.6) is 0 Å². The van der Waals surface area contributed by atoms with Crippen LogP contribution in [0.4, 0.5) is 0 Å². The van der Waals surface area contributed by atoms with Gasteiger partial charge in [0.05, 0.1) is 0 Å². The van der Waals surface area contributed by atoms with Crippen molar-refractivity contribution < 1.29 is 4.52 Å². The van der Waals surface area contributed by atoms with Crippen molar-refractivity contribution in [3.8, 4) is 0 Å². The molecule has 0 atom stereocenters. The molecule has 0 fully saturated rings. The molecule has 1 aromatic heterocycles. The van der Waals surface area contributed by atoms with Gasteiger partial charge in [-0.1, -0.05) is 17.3 Å². The second-order valence-electron chi connectivity index (χ2n) is 3.78. The summed E-state index contributed by atoms with van der Waals surface area (Å²) in [7, 11) is 0. The fourth-order valence-corrected chi connectivity index (χ4v) is 1.84. The Morgan fingerprint density at radius 3 is 2.71 bits per heavy atom. The number of hydrogen-bond donors (Lipinski definition) is 1. The summed E-state index contributed by atoms with van der Waals surface area (Å²) in [5, 5.41) is 7.20. The quantitative estimate of drug-likeness (QED) is 0.669. The molecule has 0 aliphatic heterocycles. The van der Waals surface area contributed by atoms with Gasteiger partial charge in [-0.15, -0.1) is 0 Å². The minimum absolute atomic E-state index is 0.623. The summed E-state index contributed by atoms with van der Waals surface area (Å²) >= 11 is 2.30. The van der Waals surface area contributed by atoms with Crippen molar-refractivity contribution >= 4 is 22.6 Å². The lowest BCUT2D eigenvalue weighted by Crippen LogP contribution is -2.17. The first-order valence-electron chi connectivity index (χ1n) is 5.48. The van der Waals surface area contributed by atoms with Gasteiger partial charge >= 0.3 is 0 Å². The largest absolute Gasteiger partial charge is 0.340 e. The molecule has 2 aromatic rings. The van der Waals surface area contributed by atoms with Crippen LogP contribution >= 0.6 is 22.6 Å². The normalized spacial score (nSPS) is 10.7. The number of rotatable bonds is 5. The third-order valence-electron chi connectivity index (χ3n) is 2.34. The summed E-state index contributed by atoms with van der Waals surface area (Å²) in [5.41, 5.74) is 1.29. The number of nitrogens with one attached hydrogen (secondary N) is 1. The molecule has 4 nitrogen and oxygen atoms in total. The number of benzene rings is 1. The van der Waals surface area contributed by atoms with Gasteiger partial charge in [0.25, 0.3) is 0 Å². The highest BCUT2D eigenvalue weighted by Gasteiger charge is 2.01. The lowest BCUT2D eigenvalue weighted by Gasteiger charge is -2.03. The molecule has 0 unspecified atom stereocenters. The predicted octanol–water partition coefficient (Wildman–Crippen LogP) is 2.31. The summed E-state index contributed by atoms with van der Waals surface area (Å²) in [4.78, 5) is 4.15. The summed E-state index contributed by atoms with van der Waals surface area (Å²) < 4.78 is 6.16. The first-order chi connectivity index (χ1) is 8.24. The molecule has 1 heterocycles. The van der Waals surface area contributed by atoms with E-state index in [2.05, 4.69) is 62.3 Å². The van der Waals surface area contributed by atoms with E-state index in [1.165, 1.54) is 9.13 Å². The SMILES string of the molecule is Cc1nc(CCNCc2ccc(I)cc2)no1. The Bertz CT molecular complexity index is 467. The van der Waals surface area contributed by atoms with E-state index in [0.717, 1.165) is 25.3 Å². The molecule has 0 aliphatic rings. The highest BCUT2D eigenvalue weighted by atomic mass is 127. The summed E-state index contributed by atoms with van der Waals surface area (Å²) in [6.45, 7) is 3.52. The van der Waals surface area contributed by atoms with Crippen molar-refractivity contribution in [2.45, 2.75) is 19.9 Å². The van der Waals surface area contributed by atoms with Crippen LogP contribution in [-0.2, 0) is 13.0 Å². The van der Waals surface area contributed by atoms with Gasteiger partial charge in [-0.05, 0) is 40.3 Å². The van der Waals surface area contributed by atoms with Crippen molar-refractivity contribution in [3.05, 3.63) is 45.1 Å². The third-order valence-corrected chi connectivity index (χ3v) is 3.06. The second kappa shape index (κ2) is 6.11. The predicted molar refractivity (Wildman–Crippen MR) is 73.6 cm³/mol. The van der Waals surface area contributed by atoms with Gasteiger partial charge < -0.3 is 9.84 Å². The molecule has 0 radical (unpaired) electrons. The lowest BCUT2D eigenvalue weighted by molar-refractivity contribution is 0.387. The first-order valence-corrected chi connectivity index (χ1v) is 6.56. The summed E-state index contributed by atoms with van der Waals surface area (Å²) in [6, 6.07) is 8.49. The van der Waals surface area contributed by atoms with E-state index >= 15 is 0 Å². The summed E-state index contributed by atoms with van der Waals surface area (Å²) in [5.74, 6) is 1.38. The van der Waals surface area contributed by atoms with E-state index in [9.17, 15) is 0 Å². The molecule has 0 saturated heterocycles.